The summed E-state index contributed by atoms with van der Waals surface area (Å²) in [6.07, 6.45) is -0.606. The van der Waals surface area contributed by atoms with Gasteiger partial charge in [-0.25, -0.2) is 4.79 Å². The Morgan fingerprint density at radius 2 is 1.90 bits per heavy atom. The first-order chi connectivity index (χ1) is 9.54. The Morgan fingerprint density at radius 3 is 2.50 bits per heavy atom. The second kappa shape index (κ2) is 8.47. The number of hydrogen-bond acceptors (Lipinski definition) is 4. The van der Waals surface area contributed by atoms with Gasteiger partial charge in [-0.05, 0) is 12.5 Å². The van der Waals surface area contributed by atoms with E-state index >= 15 is 0 Å². The first-order valence-electron chi connectivity index (χ1n) is 6.14. The van der Waals surface area contributed by atoms with Gasteiger partial charge in [0.25, 0.3) is 0 Å². The van der Waals surface area contributed by atoms with Gasteiger partial charge in [0, 0.05) is 11.8 Å². The van der Waals surface area contributed by atoms with Gasteiger partial charge in [-0.3, -0.25) is 9.59 Å². The normalized spacial score (nSPS) is 11.5. The van der Waals surface area contributed by atoms with Crippen molar-refractivity contribution in [1.82, 2.24) is 5.32 Å². The third-order valence-electron chi connectivity index (χ3n) is 2.54. The van der Waals surface area contributed by atoms with Gasteiger partial charge < -0.3 is 10.1 Å². The summed E-state index contributed by atoms with van der Waals surface area (Å²) in [6.45, 7) is 1.57. The molecule has 0 radical (unpaired) electrons. The third-order valence-corrected chi connectivity index (χ3v) is 2.93. The molecule has 5 nitrogen and oxygen atoms in total. The van der Waals surface area contributed by atoms with Crippen molar-refractivity contribution in [2.75, 3.05) is 5.33 Å². The molecule has 0 aliphatic rings. The summed E-state index contributed by atoms with van der Waals surface area (Å²) in [5.74, 6) is -1.14. The predicted molar refractivity (Wildman–Crippen MR) is 77.6 cm³/mol. The highest BCUT2D eigenvalue weighted by molar-refractivity contribution is 9.09. The third kappa shape index (κ3) is 5.52. The molecule has 0 bridgehead atoms. The zero-order valence-corrected chi connectivity index (χ0v) is 12.7. The van der Waals surface area contributed by atoms with Gasteiger partial charge in [0.15, 0.2) is 0 Å². The Morgan fingerprint density at radius 1 is 1.25 bits per heavy atom. The number of alkyl halides is 1. The molecule has 0 saturated carbocycles. The summed E-state index contributed by atoms with van der Waals surface area (Å²) in [7, 11) is 0. The van der Waals surface area contributed by atoms with Crippen molar-refractivity contribution in [1.29, 1.82) is 0 Å². The highest BCUT2D eigenvalue weighted by atomic mass is 79.9. The van der Waals surface area contributed by atoms with Crippen LogP contribution >= 0.6 is 15.9 Å². The largest absolute Gasteiger partial charge is 0.445 e. The van der Waals surface area contributed by atoms with Crippen molar-refractivity contribution in [3.8, 4) is 0 Å². The molecular formula is C14H16BrNO4. The number of ketones is 2. The van der Waals surface area contributed by atoms with E-state index in [1.807, 2.05) is 30.3 Å². The molecule has 0 aliphatic carbocycles. The number of ether oxygens (including phenoxy) is 1. The minimum Gasteiger partial charge on any atom is -0.445 e. The molecule has 0 fully saturated rings. The van der Waals surface area contributed by atoms with E-state index in [9.17, 15) is 14.4 Å². The minimum atomic E-state index is -0.884. The van der Waals surface area contributed by atoms with Gasteiger partial charge in [0.2, 0.25) is 11.6 Å². The average Bonchev–Trinajstić information content (AvgIpc) is 2.45. The van der Waals surface area contributed by atoms with Crippen LogP contribution in [-0.4, -0.2) is 29.0 Å². The predicted octanol–water partition coefficient (Wildman–Crippen LogP) is 2.22. The molecule has 20 heavy (non-hydrogen) atoms. The molecule has 108 valence electrons. The second-order valence-corrected chi connectivity index (χ2v) is 4.95. The molecule has 0 saturated heterocycles. The zero-order chi connectivity index (χ0) is 15.0. The number of amides is 1. The van der Waals surface area contributed by atoms with E-state index in [1.54, 1.807) is 0 Å². The van der Waals surface area contributed by atoms with Crippen LogP contribution in [-0.2, 0) is 20.9 Å². The Hall–Kier alpha value is -1.69. The lowest BCUT2D eigenvalue weighted by molar-refractivity contribution is -0.137. The van der Waals surface area contributed by atoms with E-state index < -0.39 is 23.7 Å². The van der Waals surface area contributed by atoms with Crippen LogP contribution in [0.2, 0.25) is 0 Å². The maximum atomic E-state index is 11.6. The molecule has 0 spiro atoms. The molecule has 1 rings (SSSR count). The van der Waals surface area contributed by atoms with Gasteiger partial charge in [0.1, 0.15) is 6.61 Å². The molecule has 1 aromatic rings. The van der Waals surface area contributed by atoms with Crippen LogP contribution in [0.15, 0.2) is 30.3 Å². The molecular weight excluding hydrogens is 326 g/mol. The topological polar surface area (TPSA) is 72.5 Å². The number of carbonyl (C=O) groups excluding carboxylic acids is 3. The van der Waals surface area contributed by atoms with E-state index in [2.05, 4.69) is 21.2 Å². The van der Waals surface area contributed by atoms with E-state index in [4.69, 9.17) is 4.74 Å². The lowest BCUT2D eigenvalue weighted by atomic mass is 10.1. The van der Waals surface area contributed by atoms with Gasteiger partial charge in [-0.2, -0.15) is 0 Å². The monoisotopic (exact) mass is 341 g/mol. The van der Waals surface area contributed by atoms with Crippen molar-refractivity contribution in [2.24, 2.45) is 0 Å². The standard InChI is InChI=1S/C14H16BrNO4/c1-10(13(18)12(17)7-8-15)16-14(19)20-9-11-5-3-2-4-6-11/h2-6,10H,7-9H2,1H3,(H,16,19)/t10-/m0/s1. The number of Topliss-reactive ketones (excluding diaryl/α,β-unsaturated/α-hetero) is 2. The van der Waals surface area contributed by atoms with E-state index in [0.717, 1.165) is 5.56 Å². The van der Waals surface area contributed by atoms with Gasteiger partial charge in [-0.15, -0.1) is 0 Å². The quantitative estimate of drug-likeness (QED) is 0.609. The van der Waals surface area contributed by atoms with Gasteiger partial charge in [-0.1, -0.05) is 46.3 Å². The summed E-state index contributed by atoms with van der Waals surface area (Å²) >= 11 is 3.08. The van der Waals surface area contributed by atoms with Crippen LogP contribution in [0.25, 0.3) is 0 Å². The Bertz CT molecular complexity index is 475. The van der Waals surface area contributed by atoms with E-state index in [1.165, 1.54) is 6.92 Å². The smallest absolute Gasteiger partial charge is 0.408 e. The van der Waals surface area contributed by atoms with Crippen LogP contribution in [0.1, 0.15) is 18.9 Å². The number of carbonyl (C=O) groups is 3. The minimum absolute atomic E-state index is 0.114. The summed E-state index contributed by atoms with van der Waals surface area (Å²) in [4.78, 5) is 34.5. The maximum absolute atomic E-state index is 11.6. The summed E-state index contributed by atoms with van der Waals surface area (Å²) < 4.78 is 4.97. The Labute approximate surface area is 125 Å². The second-order valence-electron chi connectivity index (χ2n) is 4.15. The summed E-state index contributed by atoms with van der Waals surface area (Å²) in [6, 6.07) is 8.29. The highest BCUT2D eigenvalue weighted by Gasteiger charge is 2.22. The number of benzene rings is 1. The molecule has 0 unspecified atom stereocenters. The van der Waals surface area contributed by atoms with Crippen LogP contribution in [0.3, 0.4) is 0 Å². The Kier molecular flexibility index (Phi) is 6.93. The van der Waals surface area contributed by atoms with Crippen LogP contribution < -0.4 is 5.32 Å². The molecule has 0 aromatic heterocycles. The van der Waals surface area contributed by atoms with Crippen molar-refractivity contribution < 1.29 is 19.1 Å². The van der Waals surface area contributed by atoms with Crippen LogP contribution in [0.4, 0.5) is 4.79 Å². The van der Waals surface area contributed by atoms with E-state index in [-0.39, 0.29) is 13.0 Å². The van der Waals surface area contributed by atoms with Gasteiger partial charge >= 0.3 is 6.09 Å². The molecule has 1 aromatic carbocycles. The van der Waals surface area contributed by atoms with Crippen molar-refractivity contribution in [3.63, 3.8) is 0 Å². The molecule has 1 atom stereocenters. The summed E-state index contributed by atoms with van der Waals surface area (Å²) in [5.41, 5.74) is 0.844. The van der Waals surface area contributed by atoms with E-state index in [0.29, 0.717) is 5.33 Å². The molecule has 0 heterocycles. The maximum Gasteiger partial charge on any atom is 0.408 e. The van der Waals surface area contributed by atoms with Crippen LogP contribution in [0, 0.1) is 0 Å². The number of hydrogen-bond donors (Lipinski definition) is 1. The first kappa shape index (κ1) is 16.4. The van der Waals surface area contributed by atoms with Crippen molar-refractivity contribution in [3.05, 3.63) is 35.9 Å². The molecule has 0 aliphatic heterocycles. The number of nitrogens with one attached hydrogen (secondary N) is 1. The zero-order valence-electron chi connectivity index (χ0n) is 11.1. The fourth-order valence-electron chi connectivity index (χ4n) is 1.46. The van der Waals surface area contributed by atoms with Crippen molar-refractivity contribution >= 4 is 33.6 Å². The number of alkyl carbamates (subject to hydrolysis) is 1. The first-order valence-corrected chi connectivity index (χ1v) is 7.27. The SMILES string of the molecule is C[C@H](NC(=O)OCc1ccccc1)C(=O)C(=O)CCBr. The lowest BCUT2D eigenvalue weighted by Crippen LogP contribution is -2.42. The number of rotatable bonds is 7. The fourth-order valence-corrected chi connectivity index (χ4v) is 1.82. The molecule has 6 heteroatoms. The van der Waals surface area contributed by atoms with Gasteiger partial charge in [0.05, 0.1) is 6.04 Å². The Balaban J connectivity index is 2.38. The highest BCUT2D eigenvalue weighted by Crippen LogP contribution is 2.01. The lowest BCUT2D eigenvalue weighted by Gasteiger charge is -2.12. The fraction of sp³-hybridized carbons (Fsp3) is 0.357. The average molecular weight is 342 g/mol. The number of halogens is 1. The summed E-state index contributed by atoms with van der Waals surface area (Å²) in [5, 5.41) is 2.76. The molecule has 1 amide bonds. The van der Waals surface area contributed by atoms with Crippen molar-refractivity contribution in [2.45, 2.75) is 26.0 Å². The molecule has 1 N–H and O–H groups in total. The van der Waals surface area contributed by atoms with Crippen LogP contribution in [0.5, 0.6) is 0 Å².